The molecular formula is C18H19BrN4O4. The van der Waals surface area contributed by atoms with Crippen LogP contribution in [0.25, 0.3) is 0 Å². The van der Waals surface area contributed by atoms with Crippen LogP contribution in [0.1, 0.15) is 10.4 Å². The first kappa shape index (κ1) is 20.4. The van der Waals surface area contributed by atoms with Crippen LogP contribution in [0.5, 0.6) is 0 Å². The van der Waals surface area contributed by atoms with E-state index in [2.05, 4.69) is 21.2 Å². The number of benzene rings is 2. The van der Waals surface area contributed by atoms with Gasteiger partial charge in [-0.1, -0.05) is 12.1 Å². The van der Waals surface area contributed by atoms with Crippen LogP contribution < -0.4 is 10.2 Å². The van der Waals surface area contributed by atoms with Crippen LogP contribution in [-0.2, 0) is 4.79 Å². The molecule has 27 heavy (non-hydrogen) atoms. The Balaban J connectivity index is 2.19. The number of nitro groups is 1. The molecule has 0 aliphatic carbocycles. The van der Waals surface area contributed by atoms with E-state index >= 15 is 0 Å². The minimum atomic E-state index is -0.560. The van der Waals surface area contributed by atoms with Crippen LogP contribution in [0.2, 0.25) is 0 Å². The zero-order valence-corrected chi connectivity index (χ0v) is 16.7. The summed E-state index contributed by atoms with van der Waals surface area (Å²) in [5.41, 5.74) is 1.09. The van der Waals surface area contributed by atoms with Crippen molar-refractivity contribution in [2.45, 2.75) is 0 Å². The lowest BCUT2D eigenvalue weighted by molar-refractivity contribution is -0.384. The van der Waals surface area contributed by atoms with Crippen molar-refractivity contribution in [2.24, 2.45) is 0 Å². The fraction of sp³-hybridized carbons (Fsp3) is 0.222. The van der Waals surface area contributed by atoms with Crippen molar-refractivity contribution in [1.29, 1.82) is 0 Å². The fourth-order valence-electron chi connectivity index (χ4n) is 2.44. The molecule has 0 unspecified atom stereocenters. The number of rotatable bonds is 6. The minimum Gasteiger partial charge on any atom is -0.377 e. The van der Waals surface area contributed by atoms with Gasteiger partial charge in [-0.15, -0.1) is 0 Å². The topological polar surface area (TPSA) is 95.8 Å². The Morgan fingerprint density at radius 3 is 2.41 bits per heavy atom. The molecule has 0 spiro atoms. The highest BCUT2D eigenvalue weighted by Gasteiger charge is 2.22. The van der Waals surface area contributed by atoms with Crippen molar-refractivity contribution in [1.82, 2.24) is 4.90 Å². The molecule has 0 radical (unpaired) electrons. The lowest BCUT2D eigenvalue weighted by Gasteiger charge is -2.21. The van der Waals surface area contributed by atoms with E-state index in [0.29, 0.717) is 11.4 Å². The summed E-state index contributed by atoms with van der Waals surface area (Å²) in [4.78, 5) is 38.4. The highest BCUT2D eigenvalue weighted by molar-refractivity contribution is 9.10. The summed E-state index contributed by atoms with van der Waals surface area (Å²) in [7, 11) is 4.94. The molecule has 1 N–H and O–H groups in total. The molecule has 9 heteroatoms. The Morgan fingerprint density at radius 2 is 1.81 bits per heavy atom. The number of nitrogens with zero attached hydrogens (tertiary/aromatic N) is 3. The molecule has 8 nitrogen and oxygen atoms in total. The Labute approximate surface area is 165 Å². The molecule has 0 heterocycles. The number of hydrogen-bond acceptors (Lipinski definition) is 5. The average molecular weight is 435 g/mol. The Morgan fingerprint density at radius 1 is 1.15 bits per heavy atom. The lowest BCUT2D eigenvalue weighted by Crippen LogP contribution is -2.35. The zero-order valence-electron chi connectivity index (χ0n) is 15.1. The first-order valence-corrected chi connectivity index (χ1v) is 8.75. The number of non-ortho nitro benzene ring substituents is 1. The maximum atomic E-state index is 12.8. The second-order valence-corrected chi connectivity index (χ2v) is 6.90. The lowest BCUT2D eigenvalue weighted by atomic mass is 10.1. The molecule has 2 aromatic carbocycles. The minimum absolute atomic E-state index is 0.158. The van der Waals surface area contributed by atoms with Crippen LogP contribution in [0.3, 0.4) is 0 Å². The van der Waals surface area contributed by atoms with Gasteiger partial charge in [0.25, 0.3) is 11.6 Å². The number of nitrogens with one attached hydrogen (secondary N) is 1. The molecule has 0 saturated carbocycles. The van der Waals surface area contributed by atoms with Gasteiger partial charge < -0.3 is 15.1 Å². The van der Waals surface area contributed by atoms with Crippen molar-refractivity contribution >= 4 is 44.8 Å². The first-order valence-electron chi connectivity index (χ1n) is 7.96. The normalized spacial score (nSPS) is 10.2. The van der Waals surface area contributed by atoms with Gasteiger partial charge >= 0.3 is 0 Å². The van der Waals surface area contributed by atoms with Gasteiger partial charge in [-0.25, -0.2) is 0 Å². The van der Waals surface area contributed by atoms with Crippen LogP contribution in [-0.4, -0.2) is 49.3 Å². The summed E-state index contributed by atoms with van der Waals surface area (Å²) in [5, 5.41) is 13.8. The van der Waals surface area contributed by atoms with Crippen molar-refractivity contribution in [2.75, 3.05) is 37.9 Å². The average Bonchev–Trinajstić information content (AvgIpc) is 2.62. The first-order chi connectivity index (χ1) is 12.7. The second-order valence-electron chi connectivity index (χ2n) is 6.04. The van der Waals surface area contributed by atoms with Crippen molar-refractivity contribution in [3.8, 4) is 0 Å². The van der Waals surface area contributed by atoms with Crippen LogP contribution in [0.4, 0.5) is 17.1 Å². The number of hydrogen-bond donors (Lipinski definition) is 1. The summed E-state index contributed by atoms with van der Waals surface area (Å²) >= 11 is 3.34. The number of para-hydroxylation sites is 1. The molecule has 142 valence electrons. The monoisotopic (exact) mass is 434 g/mol. The molecule has 0 fully saturated rings. The summed E-state index contributed by atoms with van der Waals surface area (Å²) in [6.07, 6.45) is 0. The van der Waals surface area contributed by atoms with Gasteiger partial charge in [0, 0.05) is 43.4 Å². The Hall–Kier alpha value is -2.94. The number of amides is 2. The summed E-state index contributed by atoms with van der Waals surface area (Å²) < 4.78 is 0.723. The largest absolute Gasteiger partial charge is 0.377 e. The third-order valence-corrected chi connectivity index (χ3v) is 4.47. The number of nitro benzene ring substituents is 1. The maximum absolute atomic E-state index is 12.8. The van der Waals surface area contributed by atoms with Crippen LogP contribution in [0.15, 0.2) is 46.9 Å². The quantitative estimate of drug-likeness (QED) is 0.556. The van der Waals surface area contributed by atoms with Gasteiger partial charge in [-0.05, 0) is 34.1 Å². The standard InChI is InChI=1S/C18H19BrN4O4/c1-21(2)16-9-8-12(23(26)27)10-13(16)18(25)22(3)11-17(24)20-15-7-5-4-6-14(15)19/h4-10H,11H2,1-3H3,(H,20,24). The molecule has 2 amide bonds. The van der Waals surface area contributed by atoms with Crippen molar-refractivity contribution in [3.05, 3.63) is 62.6 Å². The third-order valence-electron chi connectivity index (χ3n) is 3.78. The second kappa shape index (κ2) is 8.63. The van der Waals surface area contributed by atoms with Gasteiger partial charge in [0.05, 0.1) is 22.7 Å². The van der Waals surface area contributed by atoms with Gasteiger partial charge in [0.15, 0.2) is 0 Å². The van der Waals surface area contributed by atoms with E-state index in [1.165, 1.54) is 30.1 Å². The van der Waals surface area contributed by atoms with Crippen LogP contribution in [0, 0.1) is 10.1 Å². The molecule has 0 atom stereocenters. The van der Waals surface area contributed by atoms with E-state index in [9.17, 15) is 19.7 Å². The number of halogens is 1. The predicted octanol–water partition coefficient (Wildman–Crippen LogP) is 3.13. The highest BCUT2D eigenvalue weighted by Crippen LogP contribution is 2.25. The zero-order chi connectivity index (χ0) is 20.1. The maximum Gasteiger partial charge on any atom is 0.270 e. The van der Waals surface area contributed by atoms with E-state index in [1.54, 1.807) is 37.2 Å². The van der Waals surface area contributed by atoms with E-state index in [0.717, 1.165) is 4.47 Å². The molecule has 0 bridgehead atoms. The predicted molar refractivity (Wildman–Crippen MR) is 107 cm³/mol. The van der Waals surface area contributed by atoms with Crippen molar-refractivity contribution < 1.29 is 14.5 Å². The molecule has 0 aromatic heterocycles. The van der Waals surface area contributed by atoms with Crippen molar-refractivity contribution in [3.63, 3.8) is 0 Å². The number of carbonyl (C=O) groups excluding carboxylic acids is 2. The molecular weight excluding hydrogens is 416 g/mol. The Bertz CT molecular complexity index is 885. The molecule has 0 saturated heterocycles. The summed E-state index contributed by atoms with van der Waals surface area (Å²) in [6.45, 7) is -0.199. The third kappa shape index (κ3) is 5.04. The van der Waals surface area contributed by atoms with Gasteiger partial charge in [0.2, 0.25) is 5.91 Å². The number of likely N-dealkylation sites (N-methyl/N-ethyl adjacent to an activating group) is 1. The highest BCUT2D eigenvalue weighted by atomic mass is 79.9. The Kier molecular flexibility index (Phi) is 6.51. The number of carbonyl (C=O) groups is 2. The molecule has 2 rings (SSSR count). The fourth-order valence-corrected chi connectivity index (χ4v) is 2.83. The van der Waals surface area contributed by atoms with Gasteiger partial charge in [0.1, 0.15) is 0 Å². The van der Waals surface area contributed by atoms with Gasteiger partial charge in [-0.2, -0.15) is 0 Å². The molecule has 0 aliphatic rings. The van der Waals surface area contributed by atoms with E-state index in [-0.39, 0.29) is 23.7 Å². The molecule has 2 aromatic rings. The summed E-state index contributed by atoms with van der Waals surface area (Å²) in [5.74, 6) is -0.862. The SMILES string of the molecule is CN(CC(=O)Nc1ccccc1Br)C(=O)c1cc([N+](=O)[O-])ccc1N(C)C. The van der Waals surface area contributed by atoms with E-state index < -0.39 is 10.8 Å². The van der Waals surface area contributed by atoms with Crippen LogP contribution >= 0.6 is 15.9 Å². The van der Waals surface area contributed by atoms with E-state index in [1.807, 2.05) is 6.07 Å². The molecule has 0 aliphatic heterocycles. The van der Waals surface area contributed by atoms with E-state index in [4.69, 9.17) is 0 Å². The summed E-state index contributed by atoms with van der Waals surface area (Å²) in [6, 6.07) is 11.2. The van der Waals surface area contributed by atoms with Gasteiger partial charge in [-0.3, -0.25) is 19.7 Å². The smallest absolute Gasteiger partial charge is 0.270 e. The number of anilines is 2.